The van der Waals surface area contributed by atoms with E-state index in [4.69, 9.17) is 4.52 Å². The van der Waals surface area contributed by atoms with E-state index in [0.29, 0.717) is 34.2 Å². The number of halogens is 4. The number of fused-ring (bicyclic) bond motifs is 2. The van der Waals surface area contributed by atoms with Gasteiger partial charge in [0.2, 0.25) is 6.41 Å². The van der Waals surface area contributed by atoms with E-state index < -0.39 is 23.6 Å². The molecule has 3 aromatic carbocycles. The minimum absolute atomic E-state index is 0.0699. The second-order valence-electron chi connectivity index (χ2n) is 9.56. The summed E-state index contributed by atoms with van der Waals surface area (Å²) < 4.78 is 63.7. The van der Waals surface area contributed by atoms with E-state index in [2.05, 4.69) is 15.6 Å². The zero-order chi connectivity index (χ0) is 28.9. The Balaban J connectivity index is 1.42. The van der Waals surface area contributed by atoms with Gasteiger partial charge in [0, 0.05) is 24.0 Å². The lowest BCUT2D eigenvalue weighted by Crippen LogP contribution is -2.39. The number of nitrogens with zero attached hydrogens (tertiary/aromatic N) is 4. The number of anilines is 1. The van der Waals surface area contributed by atoms with Crippen LogP contribution in [0.25, 0.3) is 27.8 Å². The number of hydrogen-bond acceptors (Lipinski definition) is 5. The lowest BCUT2D eigenvalue weighted by atomic mass is 9.98. The topological polar surface area (TPSA) is 93.3 Å². The molecule has 0 bridgehead atoms. The Labute approximate surface area is 230 Å². The Morgan fingerprint density at radius 2 is 1.90 bits per heavy atom. The van der Waals surface area contributed by atoms with E-state index in [1.165, 1.54) is 24.3 Å². The molecule has 5 aromatic rings. The maximum Gasteiger partial charge on any atom is 0.435 e. The number of rotatable bonds is 6. The van der Waals surface area contributed by atoms with Gasteiger partial charge in [0.05, 0.1) is 17.1 Å². The summed E-state index contributed by atoms with van der Waals surface area (Å²) in [4.78, 5) is 25.7. The Bertz CT molecular complexity index is 1830. The fourth-order valence-electron chi connectivity index (χ4n) is 5.18. The van der Waals surface area contributed by atoms with Crippen LogP contribution in [0.2, 0.25) is 0 Å². The van der Waals surface area contributed by atoms with Gasteiger partial charge < -0.3 is 14.7 Å². The van der Waals surface area contributed by atoms with Crippen LogP contribution in [-0.2, 0) is 23.9 Å². The lowest BCUT2D eigenvalue weighted by molar-refractivity contribution is -0.142. The van der Waals surface area contributed by atoms with Gasteiger partial charge in [-0.05, 0) is 60.4 Å². The smallest absolute Gasteiger partial charge is 0.356 e. The Hall–Kier alpha value is -5.00. The van der Waals surface area contributed by atoms with Gasteiger partial charge in [-0.1, -0.05) is 35.5 Å². The van der Waals surface area contributed by atoms with Crippen LogP contribution in [0.4, 0.5) is 23.2 Å². The molecule has 1 N–H and O–H groups in total. The number of amides is 2. The molecule has 0 fully saturated rings. The van der Waals surface area contributed by atoms with E-state index in [-0.39, 0.29) is 42.1 Å². The zero-order valence-corrected chi connectivity index (χ0v) is 21.5. The van der Waals surface area contributed by atoms with Crippen molar-refractivity contribution in [2.45, 2.75) is 26.1 Å². The van der Waals surface area contributed by atoms with Gasteiger partial charge in [-0.15, -0.1) is 0 Å². The molecule has 41 heavy (non-hydrogen) atoms. The number of benzene rings is 3. The summed E-state index contributed by atoms with van der Waals surface area (Å²) >= 11 is 0. The van der Waals surface area contributed by atoms with E-state index in [1.807, 2.05) is 0 Å². The molecule has 12 heteroatoms. The number of nitrogens with one attached hydrogen (secondary N) is 1. The van der Waals surface area contributed by atoms with Crippen molar-refractivity contribution in [3.63, 3.8) is 0 Å². The quantitative estimate of drug-likeness (QED) is 0.215. The number of carbonyl (C=O) groups excluding carboxylic acids is 2. The summed E-state index contributed by atoms with van der Waals surface area (Å²) in [7, 11) is 0. The van der Waals surface area contributed by atoms with Crippen LogP contribution in [0.15, 0.2) is 65.2 Å². The fourth-order valence-corrected chi connectivity index (χ4v) is 5.18. The van der Waals surface area contributed by atoms with Gasteiger partial charge >= 0.3 is 6.18 Å². The second kappa shape index (κ2) is 9.88. The molecule has 0 saturated carbocycles. The number of aryl methyl sites for hydroxylation is 1. The minimum atomic E-state index is -4.80. The molecule has 0 atom stereocenters. The third kappa shape index (κ3) is 4.50. The Kier molecular flexibility index (Phi) is 6.32. The summed E-state index contributed by atoms with van der Waals surface area (Å²) in [5.74, 6) is -1.53. The van der Waals surface area contributed by atoms with E-state index in [1.54, 1.807) is 43.3 Å². The van der Waals surface area contributed by atoms with E-state index in [0.717, 1.165) is 15.1 Å². The predicted molar refractivity (Wildman–Crippen MR) is 141 cm³/mol. The summed E-state index contributed by atoms with van der Waals surface area (Å²) in [6.45, 7) is 1.76. The normalized spacial score (nSPS) is 13.5. The summed E-state index contributed by atoms with van der Waals surface area (Å²) in [5, 5.41) is 10.8. The van der Waals surface area contributed by atoms with Gasteiger partial charge in [0.15, 0.2) is 11.3 Å². The average molecular weight is 564 g/mol. The minimum Gasteiger partial charge on any atom is -0.356 e. The van der Waals surface area contributed by atoms with Crippen LogP contribution in [0.1, 0.15) is 33.0 Å². The number of alkyl halides is 3. The lowest BCUT2D eigenvalue weighted by Gasteiger charge is -2.28. The zero-order valence-electron chi connectivity index (χ0n) is 21.5. The number of carbonyl (C=O) groups is 2. The van der Waals surface area contributed by atoms with Crippen LogP contribution in [-0.4, -0.2) is 33.8 Å². The predicted octanol–water partition coefficient (Wildman–Crippen LogP) is 5.60. The number of aromatic nitrogens is 3. The summed E-state index contributed by atoms with van der Waals surface area (Å²) in [6, 6.07) is 16.0. The highest BCUT2D eigenvalue weighted by atomic mass is 19.4. The molecule has 0 aliphatic carbocycles. The van der Waals surface area contributed by atoms with Gasteiger partial charge in [0.1, 0.15) is 11.5 Å². The molecule has 1 aliphatic rings. The van der Waals surface area contributed by atoms with Crippen LogP contribution in [0.3, 0.4) is 0 Å². The maximum atomic E-state index is 15.6. The molecule has 8 nitrogen and oxygen atoms in total. The first-order valence-corrected chi connectivity index (χ1v) is 12.6. The molecule has 2 amide bonds. The van der Waals surface area contributed by atoms with Crippen LogP contribution >= 0.6 is 0 Å². The van der Waals surface area contributed by atoms with Crippen molar-refractivity contribution in [3.8, 4) is 16.8 Å². The number of hydrogen-bond donors (Lipinski definition) is 1. The standard InChI is InChI=1S/C29H21F4N5O3/c1-16-22-13-19(7-9-25(22)41-36-16)38-26-21(27(35-38)29(31,32)33)10-11-37(28(26)40)24-8-6-17(12-23(24)30)20-5-3-2-4-18(20)14-34-15-39/h2-9,12-13,15H,10-11,14H2,1H3,(H,34,39). The Morgan fingerprint density at radius 3 is 2.66 bits per heavy atom. The van der Waals surface area contributed by atoms with Crippen molar-refractivity contribution in [2.75, 3.05) is 11.4 Å². The molecule has 3 heterocycles. The second-order valence-corrected chi connectivity index (χ2v) is 9.56. The van der Waals surface area contributed by atoms with Crippen molar-refractivity contribution in [1.29, 1.82) is 0 Å². The van der Waals surface area contributed by atoms with Crippen LogP contribution in [0, 0.1) is 12.7 Å². The molecular weight excluding hydrogens is 542 g/mol. The largest absolute Gasteiger partial charge is 0.435 e. The highest BCUT2D eigenvalue weighted by molar-refractivity contribution is 6.08. The van der Waals surface area contributed by atoms with E-state index >= 15 is 4.39 Å². The van der Waals surface area contributed by atoms with Crippen LogP contribution in [0.5, 0.6) is 0 Å². The van der Waals surface area contributed by atoms with Crippen molar-refractivity contribution >= 4 is 29.0 Å². The highest BCUT2D eigenvalue weighted by Gasteiger charge is 2.43. The van der Waals surface area contributed by atoms with Crippen molar-refractivity contribution < 1.29 is 31.7 Å². The van der Waals surface area contributed by atoms with Crippen molar-refractivity contribution in [1.82, 2.24) is 20.3 Å². The first-order chi connectivity index (χ1) is 19.7. The first-order valence-electron chi connectivity index (χ1n) is 12.6. The molecule has 0 unspecified atom stereocenters. The molecule has 0 spiro atoms. The van der Waals surface area contributed by atoms with Gasteiger partial charge in [-0.25, -0.2) is 9.07 Å². The molecule has 2 aromatic heterocycles. The molecular formula is C29H21F4N5O3. The van der Waals surface area contributed by atoms with Gasteiger partial charge in [-0.3, -0.25) is 9.59 Å². The van der Waals surface area contributed by atoms with Crippen molar-refractivity contribution in [2.24, 2.45) is 0 Å². The SMILES string of the molecule is Cc1noc2ccc(-n3nc(C(F)(F)F)c4c3C(=O)N(c3ccc(-c5ccccc5CNC=O)cc3F)CC4)cc12. The first kappa shape index (κ1) is 26.2. The van der Waals surface area contributed by atoms with E-state index in [9.17, 15) is 22.8 Å². The average Bonchev–Trinajstić information content (AvgIpc) is 3.54. The third-order valence-corrected chi connectivity index (χ3v) is 7.11. The highest BCUT2D eigenvalue weighted by Crippen LogP contribution is 2.38. The summed E-state index contributed by atoms with van der Waals surface area (Å²) in [5.41, 5.74) is 1.38. The molecule has 208 valence electrons. The molecule has 1 aliphatic heterocycles. The molecule has 0 radical (unpaired) electrons. The van der Waals surface area contributed by atoms with Crippen LogP contribution < -0.4 is 10.2 Å². The Morgan fingerprint density at radius 1 is 1.10 bits per heavy atom. The summed E-state index contributed by atoms with van der Waals surface area (Å²) in [6.07, 6.45) is -4.41. The third-order valence-electron chi connectivity index (χ3n) is 7.11. The van der Waals surface area contributed by atoms with Gasteiger partial charge in [0.25, 0.3) is 5.91 Å². The molecule has 0 saturated heterocycles. The maximum absolute atomic E-state index is 15.6. The fraction of sp³-hybridized carbons (Fsp3) is 0.172. The van der Waals surface area contributed by atoms with Gasteiger partial charge in [-0.2, -0.15) is 18.3 Å². The monoisotopic (exact) mass is 563 g/mol. The molecule has 6 rings (SSSR count). The van der Waals surface area contributed by atoms with Crippen molar-refractivity contribution in [3.05, 3.63) is 94.7 Å².